The van der Waals surface area contributed by atoms with E-state index in [1.807, 2.05) is 0 Å². The quantitative estimate of drug-likeness (QED) is 0.344. The van der Waals surface area contributed by atoms with Crippen LogP contribution in [-0.4, -0.2) is 18.9 Å². The highest BCUT2D eigenvalue weighted by molar-refractivity contribution is 14.1. The molecule has 0 atom stereocenters. The van der Waals surface area contributed by atoms with E-state index >= 15 is 0 Å². The van der Waals surface area contributed by atoms with Gasteiger partial charge in [0.15, 0.2) is 0 Å². The SMILES string of the molecule is BCB(C)CI. The molecule has 0 aromatic heterocycles. The third-order valence-electron chi connectivity index (χ3n) is 0.960. The van der Waals surface area contributed by atoms with Crippen molar-refractivity contribution in [1.29, 1.82) is 0 Å². The van der Waals surface area contributed by atoms with Crippen molar-refractivity contribution < 1.29 is 0 Å². The second-order valence-corrected chi connectivity index (χ2v) is 2.55. The molecule has 0 rings (SSSR count). The lowest BCUT2D eigenvalue weighted by Gasteiger charge is -1.91. The third kappa shape index (κ3) is 3.07. The summed E-state index contributed by atoms with van der Waals surface area (Å²) in [4.78, 5) is 0. The second kappa shape index (κ2) is 4.03. The maximum absolute atomic E-state index is 2.41. The average molecular weight is 194 g/mol. The van der Waals surface area contributed by atoms with E-state index in [1.165, 1.54) is 10.5 Å². The molecule has 0 saturated heterocycles. The van der Waals surface area contributed by atoms with Gasteiger partial charge in [0, 0.05) is 0 Å². The molecule has 34 valence electrons. The lowest BCUT2D eigenvalue weighted by Crippen LogP contribution is -2.07. The van der Waals surface area contributed by atoms with Crippen LogP contribution in [0.3, 0.4) is 0 Å². The summed E-state index contributed by atoms with van der Waals surface area (Å²) in [5, 5.41) is 0. The standard InChI is InChI=1S/C3H9B2I/c1-5(2-4)3-6/h2-4H2,1H3. The lowest BCUT2D eigenvalue weighted by molar-refractivity contribution is 1.82. The van der Waals surface area contributed by atoms with Crippen LogP contribution >= 0.6 is 22.6 Å². The van der Waals surface area contributed by atoms with Crippen LogP contribution in [-0.2, 0) is 0 Å². The van der Waals surface area contributed by atoms with Crippen molar-refractivity contribution in [3.63, 3.8) is 0 Å². The molecule has 0 bridgehead atoms. The molecule has 0 radical (unpaired) electrons. The van der Waals surface area contributed by atoms with Crippen LogP contribution < -0.4 is 0 Å². The predicted molar refractivity (Wildman–Crippen MR) is 43.9 cm³/mol. The van der Waals surface area contributed by atoms with E-state index in [9.17, 15) is 0 Å². The third-order valence-corrected chi connectivity index (χ3v) is 2.46. The number of hydrogen-bond acceptors (Lipinski definition) is 0. The zero-order valence-corrected chi connectivity index (χ0v) is 6.53. The Bertz CT molecular complexity index is 28.0. The Labute approximate surface area is 54.7 Å². The van der Waals surface area contributed by atoms with E-state index in [2.05, 4.69) is 37.3 Å². The molecule has 0 saturated carbocycles. The first-order valence-electron chi connectivity index (χ1n) is 2.37. The first kappa shape index (κ1) is 6.86. The van der Waals surface area contributed by atoms with Crippen LogP contribution in [0.5, 0.6) is 0 Å². The molecule has 0 amide bonds. The Morgan fingerprint density at radius 1 is 1.83 bits per heavy atom. The lowest BCUT2D eigenvalue weighted by atomic mass is 9.47. The molecular weight excluding hydrogens is 185 g/mol. The summed E-state index contributed by atoms with van der Waals surface area (Å²) in [5.74, 6) is 0. The Morgan fingerprint density at radius 3 is 2.33 bits per heavy atom. The maximum atomic E-state index is 2.41. The van der Waals surface area contributed by atoms with Crippen LogP contribution in [0.1, 0.15) is 0 Å². The van der Waals surface area contributed by atoms with Gasteiger partial charge < -0.3 is 0 Å². The van der Waals surface area contributed by atoms with Crippen molar-refractivity contribution in [3.05, 3.63) is 0 Å². The summed E-state index contributed by atoms with van der Waals surface area (Å²) in [6.45, 7) is 3.19. The van der Waals surface area contributed by atoms with E-state index in [4.69, 9.17) is 0 Å². The van der Waals surface area contributed by atoms with Crippen molar-refractivity contribution >= 4 is 37.1 Å². The molecule has 0 nitrogen and oxygen atoms in total. The van der Waals surface area contributed by atoms with Gasteiger partial charge in [0.1, 0.15) is 6.71 Å². The Kier molecular flexibility index (Phi) is 4.61. The van der Waals surface area contributed by atoms with E-state index in [1.54, 1.807) is 0 Å². The minimum absolute atomic E-state index is 0.922. The van der Waals surface area contributed by atoms with Gasteiger partial charge >= 0.3 is 0 Å². The van der Waals surface area contributed by atoms with Gasteiger partial charge in [-0.25, -0.2) is 0 Å². The van der Waals surface area contributed by atoms with Gasteiger partial charge in [-0.1, -0.05) is 29.4 Å². The molecule has 0 unspecified atom stereocenters. The minimum atomic E-state index is 0.922. The molecule has 0 aromatic rings. The van der Waals surface area contributed by atoms with Gasteiger partial charge in [0.2, 0.25) is 0 Å². The van der Waals surface area contributed by atoms with E-state index in [-0.39, 0.29) is 0 Å². The molecule has 0 aliphatic heterocycles. The Balaban J connectivity index is 2.75. The number of alkyl halides is 1. The summed E-state index contributed by atoms with van der Waals surface area (Å²) >= 11 is 2.41. The van der Waals surface area contributed by atoms with Crippen molar-refractivity contribution in [2.45, 2.75) is 13.0 Å². The highest BCUT2D eigenvalue weighted by atomic mass is 127. The molecule has 0 N–H and O–H groups in total. The molecule has 0 aliphatic rings. The number of halogens is 1. The van der Waals surface area contributed by atoms with E-state index in [0.717, 1.165) is 6.71 Å². The predicted octanol–water partition coefficient (Wildman–Crippen LogP) is 0.676. The Morgan fingerprint density at radius 2 is 2.33 bits per heavy atom. The zero-order chi connectivity index (χ0) is 4.99. The molecule has 3 heteroatoms. The fraction of sp³-hybridized carbons (Fsp3) is 1.00. The molecule has 0 fully saturated rings. The molecule has 0 heterocycles. The first-order valence-corrected chi connectivity index (χ1v) is 3.89. The minimum Gasteiger partial charge on any atom is -0.101 e. The van der Waals surface area contributed by atoms with E-state index in [0.29, 0.717) is 0 Å². The summed E-state index contributed by atoms with van der Waals surface area (Å²) in [5.41, 5.74) is 0. The number of hydrogen-bond donors (Lipinski definition) is 0. The van der Waals surface area contributed by atoms with Crippen LogP contribution in [0.2, 0.25) is 13.0 Å². The highest BCUT2D eigenvalue weighted by Gasteiger charge is 1.96. The fourth-order valence-corrected chi connectivity index (χ4v) is 0.732. The van der Waals surface area contributed by atoms with Gasteiger partial charge in [-0.3, -0.25) is 0 Å². The van der Waals surface area contributed by atoms with Gasteiger partial charge in [-0.05, 0) is 4.33 Å². The summed E-state index contributed by atoms with van der Waals surface area (Å²) in [7, 11) is 2.23. The van der Waals surface area contributed by atoms with Crippen molar-refractivity contribution in [1.82, 2.24) is 0 Å². The van der Waals surface area contributed by atoms with Crippen LogP contribution in [0.25, 0.3) is 0 Å². The van der Waals surface area contributed by atoms with Crippen LogP contribution in [0, 0.1) is 0 Å². The van der Waals surface area contributed by atoms with Gasteiger partial charge in [-0.2, -0.15) is 0 Å². The maximum Gasteiger partial charge on any atom is 0.140 e. The number of rotatable bonds is 2. The monoisotopic (exact) mass is 194 g/mol. The zero-order valence-electron chi connectivity index (χ0n) is 4.37. The highest BCUT2D eigenvalue weighted by Crippen LogP contribution is 1.91. The van der Waals surface area contributed by atoms with Crippen LogP contribution in [0.4, 0.5) is 0 Å². The first-order chi connectivity index (χ1) is 2.81. The van der Waals surface area contributed by atoms with E-state index < -0.39 is 0 Å². The van der Waals surface area contributed by atoms with Crippen LogP contribution in [0.15, 0.2) is 0 Å². The summed E-state index contributed by atoms with van der Waals surface area (Å²) in [6.07, 6.45) is 1.32. The van der Waals surface area contributed by atoms with Gasteiger partial charge in [-0.15, -0.1) is 6.22 Å². The normalized spacial score (nSPS) is 8.33. The average Bonchev–Trinajstić information content (AvgIpc) is 1.65. The Hall–Kier alpha value is 0.860. The second-order valence-electron chi connectivity index (χ2n) is 1.67. The smallest absolute Gasteiger partial charge is 0.101 e. The van der Waals surface area contributed by atoms with Gasteiger partial charge in [0.25, 0.3) is 0 Å². The summed E-state index contributed by atoms with van der Waals surface area (Å²) in [6, 6.07) is 0. The molecular formula is C3H9B2I. The summed E-state index contributed by atoms with van der Waals surface area (Å²) < 4.78 is 1.30. The van der Waals surface area contributed by atoms with Crippen molar-refractivity contribution in [3.8, 4) is 0 Å². The molecule has 0 aromatic carbocycles. The molecule has 0 aliphatic carbocycles. The fourth-order valence-electron chi connectivity index (χ4n) is 0.109. The largest absolute Gasteiger partial charge is 0.140 e. The molecule has 0 spiro atoms. The van der Waals surface area contributed by atoms with Crippen molar-refractivity contribution in [2.75, 3.05) is 4.33 Å². The molecule has 6 heavy (non-hydrogen) atoms. The van der Waals surface area contributed by atoms with Crippen molar-refractivity contribution in [2.24, 2.45) is 0 Å². The van der Waals surface area contributed by atoms with Gasteiger partial charge in [0.05, 0.1) is 7.85 Å². The topological polar surface area (TPSA) is 0 Å².